The predicted octanol–water partition coefficient (Wildman–Crippen LogP) is -0.844. The van der Waals surface area contributed by atoms with E-state index >= 15 is 0 Å². The summed E-state index contributed by atoms with van der Waals surface area (Å²) in [6, 6.07) is 0. The molecule has 1 amide bonds. The molecule has 0 bridgehead atoms. The van der Waals surface area contributed by atoms with E-state index in [0.717, 1.165) is 19.3 Å². The molecule has 182 valence electrons. The Labute approximate surface area is 243 Å². The second kappa shape index (κ2) is 25.0. The van der Waals surface area contributed by atoms with Crippen molar-refractivity contribution in [3.8, 4) is 0 Å². The van der Waals surface area contributed by atoms with Gasteiger partial charge in [-0.3, -0.25) is 14.1 Å². The van der Waals surface area contributed by atoms with Gasteiger partial charge in [-0.1, -0.05) is 103 Å². The number of hydrogen-bond acceptors (Lipinski definition) is 5. The zero-order valence-corrected chi connectivity index (χ0v) is 25.6. The fourth-order valence-electron chi connectivity index (χ4n) is 3.41. The van der Waals surface area contributed by atoms with Gasteiger partial charge in [0.25, 0.3) is 10.1 Å². The van der Waals surface area contributed by atoms with Gasteiger partial charge in [0.1, 0.15) is 0 Å². The Morgan fingerprint density at radius 2 is 1.12 bits per heavy atom. The van der Waals surface area contributed by atoms with Crippen LogP contribution in [0.3, 0.4) is 0 Å². The van der Waals surface area contributed by atoms with Crippen LogP contribution in [0.25, 0.3) is 0 Å². The van der Waals surface area contributed by atoms with Gasteiger partial charge in [-0.15, -0.1) is 0 Å². The van der Waals surface area contributed by atoms with E-state index < -0.39 is 33.7 Å². The van der Waals surface area contributed by atoms with Gasteiger partial charge in [0.15, 0.2) is 5.25 Å². The van der Waals surface area contributed by atoms with Crippen molar-refractivity contribution in [3.63, 3.8) is 0 Å². The Morgan fingerprint density at radius 1 is 0.781 bits per heavy atom. The van der Waals surface area contributed by atoms with Crippen molar-refractivity contribution in [2.45, 2.75) is 121 Å². The van der Waals surface area contributed by atoms with Gasteiger partial charge in [0, 0.05) is 0 Å². The first-order chi connectivity index (χ1) is 14.3. The largest absolute Gasteiger partial charge is 1.00 e. The standard InChI is InChI=1S/C22H43NO6S.2Na.2H/c1-2-3-4-5-6-7-8-9-10-11-12-13-14-15-16-17-18-29-22(25)20(19-21(23)24)30(26,27)28;;;;/h20H,2-19H2,1H3,(H2,23,24)(H,26,27,28);;;;/q;2*+1;2*-1. The summed E-state index contributed by atoms with van der Waals surface area (Å²) in [4.78, 5) is 22.5. The van der Waals surface area contributed by atoms with Crippen LogP contribution in [0.4, 0.5) is 0 Å². The van der Waals surface area contributed by atoms with Crippen LogP contribution in [0.5, 0.6) is 0 Å². The Balaban J connectivity index is -0.000000701. The maximum Gasteiger partial charge on any atom is 1.00 e. The van der Waals surface area contributed by atoms with Gasteiger partial charge >= 0.3 is 65.1 Å². The number of carbonyl (C=O) groups excluding carboxylic acids is 2. The van der Waals surface area contributed by atoms with Gasteiger partial charge in [-0.25, -0.2) is 0 Å². The second-order valence-corrected chi connectivity index (χ2v) is 9.74. The third-order valence-electron chi connectivity index (χ3n) is 5.25. The van der Waals surface area contributed by atoms with Gasteiger partial charge in [0.05, 0.1) is 13.0 Å². The van der Waals surface area contributed by atoms with E-state index in [1.807, 2.05) is 0 Å². The van der Waals surface area contributed by atoms with Crippen LogP contribution in [-0.2, 0) is 24.4 Å². The molecule has 0 aliphatic heterocycles. The monoisotopic (exact) mass is 497 g/mol. The molecule has 3 N–H and O–H groups in total. The summed E-state index contributed by atoms with van der Waals surface area (Å²) in [5, 5.41) is -1.93. The first-order valence-electron chi connectivity index (χ1n) is 11.7. The number of nitrogens with two attached hydrogens (primary N) is 1. The minimum atomic E-state index is -4.71. The quantitative estimate of drug-likeness (QED) is 0.0922. The van der Waals surface area contributed by atoms with E-state index in [2.05, 4.69) is 6.92 Å². The third kappa shape index (κ3) is 24.0. The molecule has 0 aromatic carbocycles. The van der Waals surface area contributed by atoms with E-state index in [9.17, 15) is 18.0 Å². The van der Waals surface area contributed by atoms with Crippen molar-refractivity contribution in [1.82, 2.24) is 0 Å². The number of primary amides is 1. The van der Waals surface area contributed by atoms with Crippen molar-refractivity contribution in [2.75, 3.05) is 6.61 Å². The molecule has 0 aliphatic carbocycles. The van der Waals surface area contributed by atoms with Crippen molar-refractivity contribution in [1.29, 1.82) is 0 Å². The van der Waals surface area contributed by atoms with Gasteiger partial charge < -0.3 is 13.3 Å². The Morgan fingerprint density at radius 3 is 1.44 bits per heavy atom. The maximum absolute atomic E-state index is 11.7. The van der Waals surface area contributed by atoms with Crippen LogP contribution in [0.2, 0.25) is 0 Å². The van der Waals surface area contributed by atoms with Crippen molar-refractivity contribution in [2.24, 2.45) is 5.73 Å². The molecule has 1 unspecified atom stereocenters. The zero-order chi connectivity index (χ0) is 22.7. The summed E-state index contributed by atoms with van der Waals surface area (Å²) in [5.41, 5.74) is 4.90. The molecule has 7 nitrogen and oxygen atoms in total. The molecule has 0 fully saturated rings. The number of esters is 1. The summed E-state index contributed by atoms with van der Waals surface area (Å²) in [5.74, 6) is -2.12. The van der Waals surface area contributed by atoms with Crippen LogP contribution in [0.15, 0.2) is 0 Å². The molecule has 0 saturated heterocycles. The Bertz CT molecular complexity index is 572. The second-order valence-electron chi connectivity index (χ2n) is 8.14. The Hall–Kier alpha value is 0.850. The van der Waals surface area contributed by atoms with E-state index in [0.29, 0.717) is 6.42 Å². The Kier molecular flexibility index (Phi) is 29.2. The third-order valence-corrected chi connectivity index (χ3v) is 6.33. The summed E-state index contributed by atoms with van der Waals surface area (Å²) >= 11 is 0. The smallest absolute Gasteiger partial charge is 1.00 e. The molecule has 0 aliphatic rings. The van der Waals surface area contributed by atoms with E-state index in [1.54, 1.807) is 0 Å². The molecule has 1 atom stereocenters. The maximum atomic E-state index is 11.7. The number of rotatable bonds is 21. The van der Waals surface area contributed by atoms with Crippen LogP contribution < -0.4 is 64.8 Å². The predicted molar refractivity (Wildman–Crippen MR) is 122 cm³/mol. The van der Waals surface area contributed by atoms with Crippen molar-refractivity contribution in [3.05, 3.63) is 0 Å². The number of ether oxygens (including phenoxy) is 1. The van der Waals surface area contributed by atoms with Crippen molar-refractivity contribution >= 4 is 22.0 Å². The first kappa shape index (κ1) is 37.4. The normalized spacial score (nSPS) is 11.8. The minimum Gasteiger partial charge on any atom is -1.00 e. The van der Waals surface area contributed by atoms with Gasteiger partial charge in [0.2, 0.25) is 5.91 Å². The van der Waals surface area contributed by atoms with Crippen LogP contribution in [0.1, 0.15) is 119 Å². The minimum absolute atomic E-state index is 0. The first-order valence-corrected chi connectivity index (χ1v) is 13.2. The molecule has 0 aromatic heterocycles. The molecule has 10 heteroatoms. The topological polar surface area (TPSA) is 124 Å². The summed E-state index contributed by atoms with van der Waals surface area (Å²) < 4.78 is 36.1. The zero-order valence-electron chi connectivity index (χ0n) is 22.8. The molecule has 0 radical (unpaired) electrons. The average molecular weight is 498 g/mol. The molecule has 0 heterocycles. The summed E-state index contributed by atoms with van der Waals surface area (Å²) in [6.45, 7) is 2.32. The number of carbonyl (C=O) groups is 2. The fraction of sp³-hybridized carbons (Fsp3) is 0.909. The van der Waals surface area contributed by atoms with E-state index in [1.165, 1.54) is 77.0 Å². The summed E-state index contributed by atoms with van der Waals surface area (Å²) in [6.07, 6.45) is 18.9. The molecule has 0 spiro atoms. The fourth-order valence-corrected chi connectivity index (χ4v) is 4.09. The number of amides is 1. The van der Waals surface area contributed by atoms with Crippen LogP contribution in [-0.4, -0.2) is 36.7 Å². The van der Waals surface area contributed by atoms with Gasteiger partial charge in [-0.2, -0.15) is 8.42 Å². The molecule has 0 aromatic rings. The molecular formula is C22H45NNa2O6S. The van der Waals surface area contributed by atoms with Gasteiger partial charge in [-0.05, 0) is 6.42 Å². The average Bonchev–Trinajstić information content (AvgIpc) is 2.67. The molecule has 0 saturated carbocycles. The number of unbranched alkanes of at least 4 members (excludes halogenated alkanes) is 15. The summed E-state index contributed by atoms with van der Waals surface area (Å²) in [7, 11) is -4.71. The van der Waals surface area contributed by atoms with Crippen LogP contribution in [0, 0.1) is 0 Å². The number of hydrogen-bond donors (Lipinski definition) is 2. The van der Waals surface area contributed by atoms with Crippen LogP contribution >= 0.6 is 0 Å². The van der Waals surface area contributed by atoms with E-state index in [-0.39, 0.29) is 68.6 Å². The molecule has 0 rings (SSSR count). The van der Waals surface area contributed by atoms with Crippen molar-refractivity contribution < 1.29 is 89.3 Å². The SMILES string of the molecule is CCCCCCCCCCCCCCCCCCOC(=O)C(CC(N)=O)S(=O)(=O)O.[H-].[H-].[Na+].[Na+]. The molecular weight excluding hydrogens is 452 g/mol. The molecule has 32 heavy (non-hydrogen) atoms. The van der Waals surface area contributed by atoms with E-state index in [4.69, 9.17) is 15.0 Å².